The number of nitrogens with zero attached hydrogens (tertiary/aromatic N) is 1. The zero-order valence-corrected chi connectivity index (χ0v) is 13.0. The Morgan fingerprint density at radius 2 is 2.15 bits per heavy atom. The molecule has 1 aliphatic rings. The number of hydrogen-bond donors (Lipinski definition) is 1. The first-order valence-electron chi connectivity index (χ1n) is 7.15. The molecule has 0 saturated heterocycles. The molecule has 0 fully saturated rings. The minimum atomic E-state index is -0.0644. The van der Waals surface area contributed by atoms with Crippen LogP contribution in [0.25, 0.3) is 11.3 Å². The molecule has 3 nitrogen and oxygen atoms in total. The van der Waals surface area contributed by atoms with E-state index in [4.69, 9.17) is 4.74 Å². The van der Waals surface area contributed by atoms with Crippen LogP contribution in [0.4, 0.5) is 5.69 Å². The van der Waals surface area contributed by atoms with Gasteiger partial charge >= 0.3 is 0 Å². The highest BCUT2D eigenvalue weighted by Gasteiger charge is 2.32. The maximum absolute atomic E-state index is 6.24. The molecular formula is C16H20N2OS. The van der Waals surface area contributed by atoms with Crippen molar-refractivity contribution in [3.63, 3.8) is 0 Å². The molecule has 2 heterocycles. The van der Waals surface area contributed by atoms with Gasteiger partial charge in [-0.1, -0.05) is 13.8 Å². The number of ether oxygens (including phenoxy) is 1. The van der Waals surface area contributed by atoms with Crippen LogP contribution in [0.1, 0.15) is 31.6 Å². The van der Waals surface area contributed by atoms with Gasteiger partial charge in [0.2, 0.25) is 0 Å². The van der Waals surface area contributed by atoms with Crippen LogP contribution in [-0.4, -0.2) is 17.1 Å². The Kier molecular flexibility index (Phi) is 3.42. The van der Waals surface area contributed by atoms with E-state index in [2.05, 4.69) is 49.3 Å². The van der Waals surface area contributed by atoms with Crippen LogP contribution in [-0.2, 0) is 0 Å². The maximum atomic E-state index is 6.24. The average Bonchev–Trinajstić information content (AvgIpc) is 2.92. The number of rotatable bonds is 3. The average molecular weight is 288 g/mol. The molecule has 0 saturated carbocycles. The van der Waals surface area contributed by atoms with E-state index in [-0.39, 0.29) is 5.60 Å². The summed E-state index contributed by atoms with van der Waals surface area (Å²) in [5.74, 6) is 0.955. The molecular weight excluding hydrogens is 268 g/mol. The molecule has 1 aliphatic heterocycles. The highest BCUT2D eigenvalue weighted by molar-refractivity contribution is 7.10. The molecule has 4 heteroatoms. The molecule has 0 unspecified atom stereocenters. The fourth-order valence-corrected chi connectivity index (χ4v) is 3.26. The molecule has 0 spiro atoms. The Morgan fingerprint density at radius 1 is 1.35 bits per heavy atom. The quantitative estimate of drug-likeness (QED) is 0.904. The maximum Gasteiger partial charge on any atom is 0.143 e. The summed E-state index contributed by atoms with van der Waals surface area (Å²) < 4.78 is 6.24. The van der Waals surface area contributed by atoms with Gasteiger partial charge in [0.1, 0.15) is 11.4 Å². The predicted molar refractivity (Wildman–Crippen MR) is 84.7 cm³/mol. The lowest BCUT2D eigenvalue weighted by Gasteiger charge is -2.38. The lowest BCUT2D eigenvalue weighted by Crippen LogP contribution is -2.44. The number of anilines is 1. The Labute approximate surface area is 124 Å². The van der Waals surface area contributed by atoms with Gasteiger partial charge in [-0.05, 0) is 38.0 Å². The normalized spacial score (nSPS) is 16.1. The van der Waals surface area contributed by atoms with Crippen molar-refractivity contribution in [1.29, 1.82) is 0 Å². The third kappa shape index (κ3) is 2.18. The van der Waals surface area contributed by atoms with Gasteiger partial charge < -0.3 is 10.1 Å². The summed E-state index contributed by atoms with van der Waals surface area (Å²) in [5, 5.41) is 3.53. The molecule has 0 radical (unpaired) electrons. The van der Waals surface area contributed by atoms with Gasteiger partial charge in [-0.3, -0.25) is 0 Å². The largest absolute Gasteiger partial charge is 0.483 e. The van der Waals surface area contributed by atoms with Gasteiger partial charge in [-0.2, -0.15) is 0 Å². The van der Waals surface area contributed by atoms with Crippen LogP contribution >= 0.6 is 11.3 Å². The fraction of sp³-hybridized carbons (Fsp3) is 0.438. The van der Waals surface area contributed by atoms with Crippen LogP contribution < -0.4 is 10.1 Å². The van der Waals surface area contributed by atoms with Crippen LogP contribution in [0.5, 0.6) is 5.75 Å². The predicted octanol–water partition coefficient (Wildman–Crippen LogP) is 4.48. The van der Waals surface area contributed by atoms with Crippen LogP contribution in [0.2, 0.25) is 0 Å². The summed E-state index contributed by atoms with van der Waals surface area (Å²) in [6, 6.07) is 6.31. The van der Waals surface area contributed by atoms with Crippen molar-refractivity contribution in [2.45, 2.75) is 39.2 Å². The molecule has 106 valence electrons. The van der Waals surface area contributed by atoms with E-state index in [1.54, 1.807) is 11.3 Å². The lowest BCUT2D eigenvalue weighted by atomic mass is 9.95. The SMILES string of the molecule is CCC1(CC)CNc2cc(-c3ncsc3C)ccc2O1. The van der Waals surface area contributed by atoms with E-state index >= 15 is 0 Å². The van der Waals surface area contributed by atoms with Gasteiger partial charge in [0.05, 0.1) is 23.4 Å². The van der Waals surface area contributed by atoms with Gasteiger partial charge in [-0.15, -0.1) is 11.3 Å². The number of aromatic nitrogens is 1. The zero-order valence-electron chi connectivity index (χ0n) is 12.2. The summed E-state index contributed by atoms with van der Waals surface area (Å²) in [6.45, 7) is 7.34. The van der Waals surface area contributed by atoms with E-state index in [0.717, 1.165) is 42.1 Å². The summed E-state index contributed by atoms with van der Waals surface area (Å²) in [5.41, 5.74) is 5.13. The van der Waals surface area contributed by atoms with E-state index in [9.17, 15) is 0 Å². The van der Waals surface area contributed by atoms with Crippen LogP contribution in [0.15, 0.2) is 23.7 Å². The van der Waals surface area contributed by atoms with Crippen molar-refractivity contribution >= 4 is 17.0 Å². The molecule has 20 heavy (non-hydrogen) atoms. The second-order valence-corrected chi connectivity index (χ2v) is 6.37. The first kappa shape index (κ1) is 13.4. The van der Waals surface area contributed by atoms with E-state index in [0.29, 0.717) is 0 Å². The molecule has 0 aliphatic carbocycles. The first-order valence-corrected chi connectivity index (χ1v) is 8.03. The van der Waals surface area contributed by atoms with Crippen LogP contribution in [0.3, 0.4) is 0 Å². The fourth-order valence-electron chi connectivity index (χ4n) is 2.66. The molecule has 3 rings (SSSR count). The summed E-state index contributed by atoms with van der Waals surface area (Å²) in [4.78, 5) is 5.69. The van der Waals surface area contributed by atoms with Crippen molar-refractivity contribution in [3.8, 4) is 17.0 Å². The number of thiazole rings is 1. The zero-order chi connectivity index (χ0) is 14.2. The minimum absolute atomic E-state index is 0.0644. The van der Waals surface area contributed by atoms with Crippen molar-refractivity contribution in [3.05, 3.63) is 28.6 Å². The summed E-state index contributed by atoms with van der Waals surface area (Å²) in [6.07, 6.45) is 2.03. The topological polar surface area (TPSA) is 34.2 Å². The first-order chi connectivity index (χ1) is 9.67. The van der Waals surface area contributed by atoms with Crippen LogP contribution in [0, 0.1) is 6.92 Å². The highest BCUT2D eigenvalue weighted by atomic mass is 32.1. The van der Waals surface area contributed by atoms with Gasteiger partial charge in [0.25, 0.3) is 0 Å². The Balaban J connectivity index is 1.95. The Morgan fingerprint density at radius 3 is 2.80 bits per heavy atom. The second-order valence-electron chi connectivity index (χ2n) is 5.31. The lowest BCUT2D eigenvalue weighted by molar-refractivity contribution is 0.0671. The molecule has 0 amide bonds. The monoisotopic (exact) mass is 288 g/mol. The highest BCUT2D eigenvalue weighted by Crippen LogP contribution is 2.38. The Bertz CT molecular complexity index is 617. The molecule has 1 N–H and O–H groups in total. The third-order valence-electron chi connectivity index (χ3n) is 4.21. The number of nitrogens with one attached hydrogen (secondary N) is 1. The summed E-state index contributed by atoms with van der Waals surface area (Å²) >= 11 is 1.68. The number of aryl methyl sites for hydroxylation is 1. The van der Waals surface area contributed by atoms with Gasteiger partial charge in [0, 0.05) is 10.4 Å². The molecule has 2 aromatic rings. The van der Waals surface area contributed by atoms with Gasteiger partial charge in [-0.25, -0.2) is 4.98 Å². The summed E-state index contributed by atoms with van der Waals surface area (Å²) in [7, 11) is 0. The van der Waals surface area contributed by atoms with Crippen molar-refractivity contribution < 1.29 is 4.74 Å². The van der Waals surface area contributed by atoms with Crippen molar-refractivity contribution in [2.75, 3.05) is 11.9 Å². The van der Waals surface area contributed by atoms with Crippen molar-refractivity contribution in [1.82, 2.24) is 4.98 Å². The van der Waals surface area contributed by atoms with E-state index in [1.807, 2.05) is 5.51 Å². The standard InChI is InChI=1S/C16H20N2OS/c1-4-16(5-2)9-17-13-8-12(6-7-14(13)19-16)15-11(3)20-10-18-15/h6-8,10,17H,4-5,9H2,1-3H3. The van der Waals surface area contributed by atoms with E-state index < -0.39 is 0 Å². The second kappa shape index (κ2) is 5.09. The number of hydrogen-bond acceptors (Lipinski definition) is 4. The third-order valence-corrected chi connectivity index (χ3v) is 4.97. The number of benzene rings is 1. The smallest absolute Gasteiger partial charge is 0.143 e. The molecule has 0 bridgehead atoms. The van der Waals surface area contributed by atoms with Gasteiger partial charge in [0.15, 0.2) is 0 Å². The van der Waals surface area contributed by atoms with E-state index in [1.165, 1.54) is 4.88 Å². The Hall–Kier alpha value is -1.55. The molecule has 1 aromatic heterocycles. The molecule has 1 aromatic carbocycles. The molecule has 0 atom stereocenters. The number of fused-ring (bicyclic) bond motifs is 1. The minimum Gasteiger partial charge on any atom is -0.483 e. The van der Waals surface area contributed by atoms with Crippen molar-refractivity contribution in [2.24, 2.45) is 0 Å².